The van der Waals surface area contributed by atoms with Crippen LogP contribution in [0.15, 0.2) is 0 Å². The van der Waals surface area contributed by atoms with Crippen LogP contribution in [-0.2, 0) is 4.74 Å². The number of nitrogens with one attached hydrogen (secondary N) is 1. The number of fused-ring (bicyclic) bond motifs is 1. The molecule has 0 aromatic rings. The number of hydrogen-bond donors (Lipinski definition) is 1. The van der Waals surface area contributed by atoms with Gasteiger partial charge in [-0.1, -0.05) is 27.7 Å². The third-order valence-corrected chi connectivity index (χ3v) is 4.80. The highest BCUT2D eigenvalue weighted by Gasteiger charge is 2.36. The number of ether oxygens (including phenoxy) is 1. The molecule has 3 atom stereocenters. The van der Waals surface area contributed by atoms with Gasteiger partial charge < -0.3 is 10.1 Å². The summed E-state index contributed by atoms with van der Waals surface area (Å²) in [5.41, 5.74) is 0.345. The molecule has 1 heterocycles. The Hall–Kier alpha value is -0.120. The lowest BCUT2D eigenvalue weighted by molar-refractivity contribution is -0.0572. The van der Waals surface area contributed by atoms with Gasteiger partial charge in [-0.05, 0) is 37.6 Å². The van der Waals surface area contributed by atoms with Gasteiger partial charge in [0.2, 0.25) is 0 Å². The normalized spacial score (nSPS) is 30.3. The van der Waals surface area contributed by atoms with Crippen molar-refractivity contribution in [1.29, 1.82) is 0 Å². The second-order valence-electron chi connectivity index (χ2n) is 7.21. The summed E-state index contributed by atoms with van der Waals surface area (Å²) in [5, 5.41) is 3.66. The van der Waals surface area contributed by atoms with Crippen molar-refractivity contribution in [2.75, 3.05) is 26.2 Å². The predicted octanol–water partition coefficient (Wildman–Crippen LogP) is 2.65. The summed E-state index contributed by atoms with van der Waals surface area (Å²) in [4.78, 5) is 2.69. The van der Waals surface area contributed by atoms with E-state index in [0.717, 1.165) is 19.7 Å². The molecule has 1 saturated carbocycles. The van der Waals surface area contributed by atoms with Gasteiger partial charge in [0.05, 0.1) is 12.7 Å². The smallest absolute Gasteiger partial charge is 0.0730 e. The molecule has 1 aliphatic carbocycles. The topological polar surface area (TPSA) is 24.5 Å². The van der Waals surface area contributed by atoms with Crippen LogP contribution in [0.1, 0.15) is 53.4 Å². The second kappa shape index (κ2) is 6.55. The molecule has 2 rings (SSSR count). The average Bonchev–Trinajstić information content (AvgIpc) is 2.81. The van der Waals surface area contributed by atoms with Gasteiger partial charge in [-0.3, -0.25) is 4.90 Å². The van der Waals surface area contributed by atoms with Gasteiger partial charge in [0.15, 0.2) is 0 Å². The Balaban J connectivity index is 1.85. The number of rotatable bonds is 5. The largest absolute Gasteiger partial charge is 0.375 e. The van der Waals surface area contributed by atoms with Crippen molar-refractivity contribution in [3.63, 3.8) is 0 Å². The molecule has 2 fully saturated rings. The standard InChI is InChI=1S/C16H32N2O/c1-5-17-15(16(2,3)4)9-10-18-11-12-19-14-8-6-7-13(14)18/h13-15,17H,5-12H2,1-4H3. The molecule has 0 bridgehead atoms. The van der Waals surface area contributed by atoms with Crippen LogP contribution in [0.2, 0.25) is 0 Å². The first kappa shape index (κ1) is 15.3. The Bertz CT molecular complexity index is 274. The molecule has 1 saturated heterocycles. The minimum Gasteiger partial charge on any atom is -0.375 e. The molecule has 1 N–H and O–H groups in total. The van der Waals surface area contributed by atoms with Gasteiger partial charge >= 0.3 is 0 Å². The van der Waals surface area contributed by atoms with Crippen LogP contribution in [0.3, 0.4) is 0 Å². The number of morpholine rings is 1. The fourth-order valence-electron chi connectivity index (χ4n) is 3.67. The summed E-state index contributed by atoms with van der Waals surface area (Å²) in [6.45, 7) is 13.6. The molecule has 0 amide bonds. The van der Waals surface area contributed by atoms with Gasteiger partial charge in [-0.2, -0.15) is 0 Å². The van der Waals surface area contributed by atoms with Crippen LogP contribution < -0.4 is 5.32 Å². The van der Waals surface area contributed by atoms with E-state index in [1.807, 2.05) is 0 Å². The third kappa shape index (κ3) is 3.93. The molecule has 112 valence electrons. The van der Waals surface area contributed by atoms with E-state index in [1.54, 1.807) is 0 Å². The molecule has 3 heteroatoms. The Kier molecular flexibility index (Phi) is 5.27. The van der Waals surface area contributed by atoms with Crippen LogP contribution in [0.4, 0.5) is 0 Å². The Morgan fingerprint density at radius 2 is 2.11 bits per heavy atom. The summed E-state index contributed by atoms with van der Waals surface area (Å²) >= 11 is 0. The molecule has 0 spiro atoms. The van der Waals surface area contributed by atoms with Crippen molar-refractivity contribution in [2.24, 2.45) is 5.41 Å². The first-order valence-electron chi connectivity index (χ1n) is 8.11. The lowest BCUT2D eigenvalue weighted by Gasteiger charge is -2.40. The first-order valence-corrected chi connectivity index (χ1v) is 8.11. The van der Waals surface area contributed by atoms with E-state index in [9.17, 15) is 0 Å². The van der Waals surface area contributed by atoms with E-state index in [0.29, 0.717) is 23.6 Å². The van der Waals surface area contributed by atoms with Gasteiger partial charge in [-0.15, -0.1) is 0 Å². The van der Waals surface area contributed by atoms with Crippen molar-refractivity contribution in [2.45, 2.75) is 71.6 Å². The Labute approximate surface area is 119 Å². The van der Waals surface area contributed by atoms with Gasteiger partial charge in [0.1, 0.15) is 0 Å². The van der Waals surface area contributed by atoms with E-state index in [1.165, 1.54) is 32.2 Å². The lowest BCUT2D eigenvalue weighted by Crippen LogP contribution is -2.50. The van der Waals surface area contributed by atoms with Crippen LogP contribution in [0.25, 0.3) is 0 Å². The molecular weight excluding hydrogens is 236 g/mol. The zero-order valence-corrected chi connectivity index (χ0v) is 13.2. The SMILES string of the molecule is CCNC(CCN1CCOC2CCCC21)C(C)(C)C. The molecule has 2 aliphatic rings. The average molecular weight is 268 g/mol. The van der Waals surface area contributed by atoms with E-state index < -0.39 is 0 Å². The van der Waals surface area contributed by atoms with Gasteiger partial charge in [0.25, 0.3) is 0 Å². The summed E-state index contributed by atoms with van der Waals surface area (Å²) in [6.07, 6.45) is 5.74. The van der Waals surface area contributed by atoms with Crippen molar-refractivity contribution in [3.8, 4) is 0 Å². The summed E-state index contributed by atoms with van der Waals surface area (Å²) in [5.74, 6) is 0. The van der Waals surface area contributed by atoms with E-state index >= 15 is 0 Å². The van der Waals surface area contributed by atoms with Crippen molar-refractivity contribution in [3.05, 3.63) is 0 Å². The Morgan fingerprint density at radius 1 is 1.32 bits per heavy atom. The number of nitrogens with zero attached hydrogens (tertiary/aromatic N) is 1. The van der Waals surface area contributed by atoms with E-state index in [4.69, 9.17) is 4.74 Å². The highest BCUT2D eigenvalue weighted by atomic mass is 16.5. The van der Waals surface area contributed by atoms with Crippen LogP contribution in [0.5, 0.6) is 0 Å². The highest BCUT2D eigenvalue weighted by Crippen LogP contribution is 2.30. The lowest BCUT2D eigenvalue weighted by atomic mass is 9.84. The van der Waals surface area contributed by atoms with Crippen molar-refractivity contribution >= 4 is 0 Å². The van der Waals surface area contributed by atoms with Crippen LogP contribution in [-0.4, -0.2) is 49.3 Å². The molecule has 0 radical (unpaired) electrons. The minimum atomic E-state index is 0.345. The molecule has 1 aliphatic heterocycles. The van der Waals surface area contributed by atoms with Crippen molar-refractivity contribution in [1.82, 2.24) is 10.2 Å². The molecule has 3 unspecified atom stereocenters. The molecule has 0 aromatic heterocycles. The zero-order chi connectivity index (χ0) is 13.9. The first-order chi connectivity index (χ1) is 9.02. The zero-order valence-electron chi connectivity index (χ0n) is 13.2. The maximum atomic E-state index is 5.90. The van der Waals surface area contributed by atoms with Gasteiger partial charge in [0, 0.05) is 25.2 Å². The summed E-state index contributed by atoms with van der Waals surface area (Å²) in [7, 11) is 0. The van der Waals surface area contributed by atoms with Crippen LogP contribution >= 0.6 is 0 Å². The fraction of sp³-hybridized carbons (Fsp3) is 1.00. The third-order valence-electron chi connectivity index (χ3n) is 4.80. The maximum Gasteiger partial charge on any atom is 0.0730 e. The van der Waals surface area contributed by atoms with Crippen LogP contribution in [0, 0.1) is 5.41 Å². The quantitative estimate of drug-likeness (QED) is 0.829. The second-order valence-corrected chi connectivity index (χ2v) is 7.21. The molecule has 3 nitrogen and oxygen atoms in total. The maximum absolute atomic E-state index is 5.90. The molecule has 19 heavy (non-hydrogen) atoms. The summed E-state index contributed by atoms with van der Waals surface area (Å²) in [6, 6.07) is 1.32. The fourth-order valence-corrected chi connectivity index (χ4v) is 3.67. The predicted molar refractivity (Wildman–Crippen MR) is 80.5 cm³/mol. The van der Waals surface area contributed by atoms with Gasteiger partial charge in [-0.25, -0.2) is 0 Å². The van der Waals surface area contributed by atoms with Crippen molar-refractivity contribution < 1.29 is 4.74 Å². The van der Waals surface area contributed by atoms with E-state index in [2.05, 4.69) is 37.9 Å². The molecular formula is C16H32N2O. The number of hydrogen-bond acceptors (Lipinski definition) is 3. The monoisotopic (exact) mass is 268 g/mol. The molecule has 0 aromatic carbocycles. The minimum absolute atomic E-state index is 0.345. The summed E-state index contributed by atoms with van der Waals surface area (Å²) < 4.78 is 5.90. The highest BCUT2D eigenvalue weighted by molar-refractivity contribution is 4.90. The van der Waals surface area contributed by atoms with E-state index in [-0.39, 0.29) is 0 Å². The Morgan fingerprint density at radius 3 is 2.79 bits per heavy atom.